The third-order valence-electron chi connectivity index (χ3n) is 7.09. The van der Waals surface area contributed by atoms with Gasteiger partial charge in [-0.15, -0.1) is 0 Å². The predicted octanol–water partition coefficient (Wildman–Crippen LogP) is 4.02. The van der Waals surface area contributed by atoms with Gasteiger partial charge in [-0.2, -0.15) is 0 Å². The van der Waals surface area contributed by atoms with Crippen LogP contribution in [0.15, 0.2) is 65.8 Å². The van der Waals surface area contributed by atoms with E-state index in [2.05, 4.69) is 75.6 Å². The van der Waals surface area contributed by atoms with E-state index in [4.69, 9.17) is 0 Å². The molecule has 0 aromatic heterocycles. The molecule has 2 bridgehead atoms. The molecule has 1 N–H and O–H groups in total. The first kappa shape index (κ1) is 17.9. The van der Waals surface area contributed by atoms with Gasteiger partial charge in [0, 0.05) is 32.1 Å². The quantitative estimate of drug-likeness (QED) is 0.648. The third kappa shape index (κ3) is 3.15. The fourth-order valence-electron chi connectivity index (χ4n) is 5.84. The molecule has 0 spiro atoms. The Morgan fingerprint density at radius 1 is 0.821 bits per heavy atom. The number of rotatable bonds is 4. The van der Waals surface area contributed by atoms with E-state index >= 15 is 0 Å². The summed E-state index contributed by atoms with van der Waals surface area (Å²) in [4.78, 5) is 5.20. The Morgan fingerprint density at radius 3 is 2.00 bits per heavy atom. The molecular weight excluding hydrogens is 346 g/mol. The van der Waals surface area contributed by atoms with E-state index < -0.39 is 0 Å². The monoisotopic (exact) mass is 375 g/mol. The molecule has 3 atom stereocenters. The highest BCUT2D eigenvalue weighted by atomic mass is 16.4. The first-order valence-corrected chi connectivity index (χ1v) is 10.6. The molecule has 1 aliphatic heterocycles. The molecule has 4 nitrogen and oxygen atoms in total. The standard InChI is InChI=1S/C24H29N3O/c28-25-22-20-11-12-21(17-20)24(22)27-15-13-26(14-16-27)23(18-7-3-1-4-8-18)19-9-5-2-6-10-19/h1-10,20-21,23-24,28H,11-17H2/b25-22-/t20-,21+,24-/m0/s1. The van der Waals surface area contributed by atoms with Crippen molar-refractivity contribution in [1.29, 1.82) is 0 Å². The summed E-state index contributed by atoms with van der Waals surface area (Å²) in [5.74, 6) is 1.22. The maximum absolute atomic E-state index is 9.58. The van der Waals surface area contributed by atoms with Crippen molar-refractivity contribution in [3.8, 4) is 0 Å². The summed E-state index contributed by atoms with van der Waals surface area (Å²) in [6, 6.07) is 22.4. The van der Waals surface area contributed by atoms with Gasteiger partial charge in [0.25, 0.3) is 0 Å². The molecule has 28 heavy (non-hydrogen) atoms. The van der Waals surface area contributed by atoms with Gasteiger partial charge in [0.2, 0.25) is 0 Å². The van der Waals surface area contributed by atoms with Crippen molar-refractivity contribution in [2.75, 3.05) is 26.2 Å². The molecule has 2 aliphatic carbocycles. The smallest absolute Gasteiger partial charge is 0.0775 e. The SMILES string of the molecule is O/N=C1/[C@H]2CC[C@H](C2)[C@@H]1N1CCN(C(c2ccccc2)c2ccccc2)CC1. The van der Waals surface area contributed by atoms with Crippen molar-refractivity contribution in [3.63, 3.8) is 0 Å². The van der Waals surface area contributed by atoms with Gasteiger partial charge < -0.3 is 5.21 Å². The zero-order valence-corrected chi connectivity index (χ0v) is 16.3. The lowest BCUT2D eigenvalue weighted by atomic mass is 9.91. The van der Waals surface area contributed by atoms with Gasteiger partial charge in [-0.25, -0.2) is 0 Å². The molecule has 3 fully saturated rings. The highest BCUT2D eigenvalue weighted by molar-refractivity contribution is 5.94. The van der Waals surface area contributed by atoms with Crippen molar-refractivity contribution in [1.82, 2.24) is 9.80 Å². The molecule has 2 aromatic rings. The van der Waals surface area contributed by atoms with Crippen LogP contribution in [0.25, 0.3) is 0 Å². The van der Waals surface area contributed by atoms with Crippen LogP contribution in [0.4, 0.5) is 0 Å². The largest absolute Gasteiger partial charge is 0.411 e. The highest BCUT2D eigenvalue weighted by Gasteiger charge is 2.48. The zero-order valence-electron chi connectivity index (χ0n) is 16.3. The molecule has 0 radical (unpaired) electrons. The molecular formula is C24H29N3O. The Balaban J connectivity index is 1.34. The Kier molecular flexibility index (Phi) is 4.91. The molecule has 1 saturated heterocycles. The molecule has 0 unspecified atom stereocenters. The summed E-state index contributed by atoms with van der Waals surface area (Å²) in [5.41, 5.74) is 3.78. The van der Waals surface area contributed by atoms with Crippen LogP contribution in [-0.4, -0.2) is 52.9 Å². The van der Waals surface area contributed by atoms with Gasteiger partial charge in [-0.1, -0.05) is 65.8 Å². The Labute approximate surface area is 167 Å². The van der Waals surface area contributed by atoms with Gasteiger partial charge in [0.15, 0.2) is 0 Å². The highest BCUT2D eigenvalue weighted by Crippen LogP contribution is 2.45. The second-order valence-corrected chi connectivity index (χ2v) is 8.54. The number of fused-ring (bicyclic) bond motifs is 2. The van der Waals surface area contributed by atoms with E-state index in [1.54, 1.807) is 0 Å². The van der Waals surface area contributed by atoms with E-state index in [9.17, 15) is 5.21 Å². The summed E-state index contributed by atoms with van der Waals surface area (Å²) in [5, 5.41) is 13.3. The third-order valence-corrected chi connectivity index (χ3v) is 7.09. The lowest BCUT2D eigenvalue weighted by molar-refractivity contribution is 0.0816. The summed E-state index contributed by atoms with van der Waals surface area (Å²) >= 11 is 0. The van der Waals surface area contributed by atoms with E-state index in [0.29, 0.717) is 23.9 Å². The van der Waals surface area contributed by atoms with Crippen LogP contribution in [0.3, 0.4) is 0 Å². The van der Waals surface area contributed by atoms with Crippen molar-refractivity contribution < 1.29 is 5.21 Å². The summed E-state index contributed by atoms with van der Waals surface area (Å²) in [6.07, 6.45) is 3.73. The minimum atomic E-state index is 0.301. The molecule has 2 saturated carbocycles. The Hall–Kier alpha value is -2.17. The minimum absolute atomic E-state index is 0.301. The van der Waals surface area contributed by atoms with Gasteiger partial charge in [0.1, 0.15) is 0 Å². The number of piperazine rings is 1. The van der Waals surface area contributed by atoms with Gasteiger partial charge in [0.05, 0.1) is 17.8 Å². The van der Waals surface area contributed by atoms with Gasteiger partial charge >= 0.3 is 0 Å². The van der Waals surface area contributed by atoms with Crippen LogP contribution >= 0.6 is 0 Å². The fraction of sp³-hybridized carbons (Fsp3) is 0.458. The summed E-state index contributed by atoms with van der Waals surface area (Å²) in [6.45, 7) is 4.17. The molecule has 3 aliphatic rings. The first-order valence-electron chi connectivity index (χ1n) is 10.6. The average Bonchev–Trinajstić information content (AvgIpc) is 3.37. The molecule has 4 heteroatoms. The van der Waals surface area contributed by atoms with Crippen LogP contribution in [0, 0.1) is 11.8 Å². The summed E-state index contributed by atoms with van der Waals surface area (Å²) < 4.78 is 0. The van der Waals surface area contributed by atoms with Crippen LogP contribution in [0.5, 0.6) is 0 Å². The van der Waals surface area contributed by atoms with Crippen LogP contribution < -0.4 is 0 Å². The topological polar surface area (TPSA) is 39.1 Å². The van der Waals surface area contributed by atoms with Crippen LogP contribution in [-0.2, 0) is 0 Å². The second-order valence-electron chi connectivity index (χ2n) is 8.54. The van der Waals surface area contributed by atoms with E-state index in [1.807, 2.05) is 0 Å². The van der Waals surface area contributed by atoms with Crippen molar-refractivity contribution in [2.24, 2.45) is 17.0 Å². The molecule has 5 rings (SSSR count). The maximum atomic E-state index is 9.58. The van der Waals surface area contributed by atoms with Gasteiger partial charge in [-0.05, 0) is 36.3 Å². The number of oxime groups is 1. The second kappa shape index (κ2) is 7.69. The maximum Gasteiger partial charge on any atom is 0.0775 e. The minimum Gasteiger partial charge on any atom is -0.411 e. The van der Waals surface area contributed by atoms with Crippen molar-refractivity contribution in [3.05, 3.63) is 71.8 Å². The average molecular weight is 376 g/mol. The van der Waals surface area contributed by atoms with Crippen LogP contribution in [0.2, 0.25) is 0 Å². The molecule has 2 aromatic carbocycles. The normalized spacial score (nSPS) is 29.8. The van der Waals surface area contributed by atoms with Crippen molar-refractivity contribution in [2.45, 2.75) is 31.3 Å². The molecule has 0 amide bonds. The lowest BCUT2D eigenvalue weighted by Gasteiger charge is -2.43. The van der Waals surface area contributed by atoms with Crippen LogP contribution in [0.1, 0.15) is 36.4 Å². The van der Waals surface area contributed by atoms with E-state index in [-0.39, 0.29) is 0 Å². The number of benzene rings is 2. The summed E-state index contributed by atoms with van der Waals surface area (Å²) in [7, 11) is 0. The number of hydrogen-bond donors (Lipinski definition) is 1. The molecule has 1 heterocycles. The Bertz CT molecular complexity index is 775. The van der Waals surface area contributed by atoms with E-state index in [0.717, 1.165) is 31.9 Å². The number of nitrogens with zero attached hydrogens (tertiary/aromatic N) is 3. The predicted molar refractivity (Wildman–Crippen MR) is 112 cm³/mol. The molecule has 146 valence electrons. The zero-order chi connectivity index (χ0) is 18.9. The van der Waals surface area contributed by atoms with E-state index in [1.165, 1.54) is 30.4 Å². The fourth-order valence-corrected chi connectivity index (χ4v) is 5.84. The lowest BCUT2D eigenvalue weighted by Crippen LogP contribution is -2.54. The number of hydrogen-bond acceptors (Lipinski definition) is 4. The van der Waals surface area contributed by atoms with Gasteiger partial charge in [-0.3, -0.25) is 9.80 Å². The Morgan fingerprint density at radius 2 is 1.43 bits per heavy atom. The van der Waals surface area contributed by atoms with Crippen molar-refractivity contribution >= 4 is 5.71 Å². The first-order chi connectivity index (χ1) is 13.8.